The number of hydrogen-bond acceptors (Lipinski definition) is 5. The van der Waals surface area contributed by atoms with E-state index in [1.165, 1.54) is 23.3 Å². The Bertz CT molecular complexity index is 1120. The summed E-state index contributed by atoms with van der Waals surface area (Å²) >= 11 is 7.77. The fourth-order valence-electron chi connectivity index (χ4n) is 3.93. The van der Waals surface area contributed by atoms with Gasteiger partial charge in [-0.05, 0) is 46.2 Å². The van der Waals surface area contributed by atoms with Crippen LogP contribution in [0.5, 0.6) is 0 Å². The third-order valence-corrected chi connectivity index (χ3v) is 7.06. The molecule has 1 aliphatic rings. The summed E-state index contributed by atoms with van der Waals surface area (Å²) in [5.74, 6) is -1.05. The molecule has 0 radical (unpaired) electrons. The van der Waals surface area contributed by atoms with E-state index in [9.17, 15) is 14.7 Å². The molecule has 1 aliphatic heterocycles. The lowest BCUT2D eigenvalue weighted by Crippen LogP contribution is -2.50. The molecule has 0 bridgehead atoms. The molecule has 6 nitrogen and oxygen atoms in total. The van der Waals surface area contributed by atoms with Gasteiger partial charge in [-0.15, -0.1) is 11.3 Å². The van der Waals surface area contributed by atoms with E-state index in [-0.39, 0.29) is 6.54 Å². The predicted octanol–water partition coefficient (Wildman–Crippen LogP) is 3.53. The lowest BCUT2D eigenvalue weighted by molar-refractivity contribution is -0.155. The second kappa shape index (κ2) is 10.5. The highest BCUT2D eigenvalue weighted by molar-refractivity contribution is 7.10. The average molecular weight is 485 g/mol. The van der Waals surface area contributed by atoms with Crippen LogP contribution in [0.1, 0.15) is 27.1 Å². The number of rotatable bonds is 8. The highest BCUT2D eigenvalue weighted by Crippen LogP contribution is 2.24. The lowest BCUT2D eigenvalue weighted by atomic mass is 10.1. The second-order valence-electron chi connectivity index (χ2n) is 7.97. The Hall–Kier alpha value is -2.71. The van der Waals surface area contributed by atoms with Crippen molar-refractivity contribution >= 4 is 34.8 Å². The highest BCUT2D eigenvalue weighted by Gasteiger charge is 2.36. The van der Waals surface area contributed by atoms with Gasteiger partial charge in [0, 0.05) is 30.1 Å². The van der Waals surface area contributed by atoms with E-state index in [0.717, 1.165) is 32.2 Å². The first-order valence-electron chi connectivity index (χ1n) is 10.6. The van der Waals surface area contributed by atoms with Crippen LogP contribution < -0.4 is 5.32 Å². The zero-order valence-corrected chi connectivity index (χ0v) is 19.7. The first-order valence-corrected chi connectivity index (χ1v) is 11.9. The molecule has 2 N–H and O–H groups in total. The first kappa shape index (κ1) is 23.4. The van der Waals surface area contributed by atoms with E-state index >= 15 is 0 Å². The summed E-state index contributed by atoms with van der Waals surface area (Å²) in [6, 6.07) is 17.5. The monoisotopic (exact) mass is 484 g/mol. The Labute approximate surface area is 201 Å². The van der Waals surface area contributed by atoms with Crippen molar-refractivity contribution in [2.24, 2.45) is 0 Å². The molecule has 0 saturated carbocycles. The Balaban J connectivity index is 1.32. The number of fused-ring (bicyclic) bond motifs is 1. The van der Waals surface area contributed by atoms with E-state index in [2.05, 4.69) is 5.32 Å². The minimum atomic E-state index is -1.58. The molecule has 0 aliphatic carbocycles. The standard InChI is InChI=1S/C25H25ClN2O4S/c1-32-23(22(29)25(31)28-13-18-7-2-3-8-19(18)14-28)24(30)27-12-20-11-16(15-33-20)10-17-6-4-5-9-21(17)26/h2-9,11,15,22-23,29H,10,12-14H2,1H3,(H,27,30)/t22-,23-/m1/s1. The van der Waals surface area contributed by atoms with E-state index in [0.29, 0.717) is 19.5 Å². The number of aliphatic hydroxyl groups excluding tert-OH is 1. The van der Waals surface area contributed by atoms with Crippen LogP contribution in [0, 0.1) is 0 Å². The van der Waals surface area contributed by atoms with E-state index in [4.69, 9.17) is 16.3 Å². The SMILES string of the molecule is CO[C@@H](C(=O)NCc1cc(Cc2ccccc2Cl)cs1)[C@@H](O)C(=O)N1Cc2ccccc2C1. The van der Waals surface area contributed by atoms with Gasteiger partial charge in [-0.25, -0.2) is 0 Å². The van der Waals surface area contributed by atoms with E-state index in [1.807, 2.05) is 60.0 Å². The summed E-state index contributed by atoms with van der Waals surface area (Å²) < 4.78 is 5.20. The van der Waals surface area contributed by atoms with E-state index in [1.54, 1.807) is 0 Å². The number of nitrogens with one attached hydrogen (secondary N) is 1. The number of hydrogen-bond donors (Lipinski definition) is 2. The Morgan fingerprint density at radius 2 is 1.82 bits per heavy atom. The lowest BCUT2D eigenvalue weighted by Gasteiger charge is -2.24. The fourth-order valence-corrected chi connectivity index (χ4v) is 4.96. The molecule has 0 unspecified atom stereocenters. The number of methoxy groups -OCH3 is 1. The van der Waals surface area contributed by atoms with Gasteiger partial charge in [0.15, 0.2) is 12.2 Å². The molecule has 1 aromatic heterocycles. The molecule has 8 heteroatoms. The smallest absolute Gasteiger partial charge is 0.255 e. The number of halogens is 1. The maximum absolute atomic E-state index is 12.8. The molecule has 2 aromatic carbocycles. The third-order valence-electron chi connectivity index (χ3n) is 5.70. The van der Waals surface area contributed by atoms with Gasteiger partial charge in [-0.1, -0.05) is 54.1 Å². The Morgan fingerprint density at radius 1 is 1.15 bits per heavy atom. The molecule has 2 atom stereocenters. The zero-order valence-electron chi connectivity index (χ0n) is 18.2. The van der Waals surface area contributed by atoms with Gasteiger partial charge in [0.05, 0.1) is 6.54 Å². The largest absolute Gasteiger partial charge is 0.380 e. The number of aliphatic hydroxyl groups is 1. The normalized spacial score (nSPS) is 14.6. The summed E-state index contributed by atoms with van der Waals surface area (Å²) in [7, 11) is 1.31. The van der Waals surface area contributed by atoms with Gasteiger partial charge >= 0.3 is 0 Å². The molecular weight excluding hydrogens is 460 g/mol. The molecule has 4 rings (SSSR count). The Kier molecular flexibility index (Phi) is 7.45. The topological polar surface area (TPSA) is 78.9 Å². The molecule has 0 fully saturated rings. The van der Waals surface area contributed by atoms with Crippen LogP contribution in [0.15, 0.2) is 60.0 Å². The van der Waals surface area contributed by atoms with Crippen LogP contribution in [-0.2, 0) is 40.4 Å². The van der Waals surface area contributed by atoms with Crippen molar-refractivity contribution in [3.8, 4) is 0 Å². The molecule has 2 amide bonds. The van der Waals surface area contributed by atoms with Crippen molar-refractivity contribution < 1.29 is 19.4 Å². The van der Waals surface area contributed by atoms with Crippen LogP contribution in [0.25, 0.3) is 0 Å². The molecule has 3 aromatic rings. The number of carbonyl (C=O) groups is 2. The Morgan fingerprint density at radius 3 is 2.48 bits per heavy atom. The van der Waals surface area contributed by atoms with Crippen LogP contribution in [0.2, 0.25) is 5.02 Å². The highest BCUT2D eigenvalue weighted by atomic mass is 35.5. The molecular formula is C25H25ClN2O4S. The van der Waals surface area contributed by atoms with Crippen molar-refractivity contribution in [3.05, 3.63) is 92.1 Å². The van der Waals surface area contributed by atoms with Crippen LogP contribution in [-0.4, -0.2) is 41.1 Å². The van der Waals surface area contributed by atoms with Gasteiger partial charge in [-0.3, -0.25) is 9.59 Å². The van der Waals surface area contributed by atoms with Gasteiger partial charge in [0.25, 0.3) is 11.8 Å². The van der Waals surface area contributed by atoms with Crippen LogP contribution in [0.3, 0.4) is 0 Å². The average Bonchev–Trinajstić information content (AvgIpc) is 3.46. The van der Waals surface area contributed by atoms with Crippen molar-refractivity contribution in [2.75, 3.05) is 7.11 Å². The van der Waals surface area contributed by atoms with Gasteiger partial charge in [-0.2, -0.15) is 0 Å². The summed E-state index contributed by atoms with van der Waals surface area (Å²) in [5.41, 5.74) is 4.23. The van der Waals surface area contributed by atoms with E-state index < -0.39 is 24.0 Å². The summed E-state index contributed by atoms with van der Waals surface area (Å²) in [5, 5.41) is 16.1. The summed E-state index contributed by atoms with van der Waals surface area (Å²) in [4.78, 5) is 28.0. The van der Waals surface area contributed by atoms with Crippen LogP contribution in [0.4, 0.5) is 0 Å². The number of nitrogens with zero attached hydrogens (tertiary/aromatic N) is 1. The van der Waals surface area contributed by atoms with Gasteiger partial charge in [0.1, 0.15) is 0 Å². The van der Waals surface area contributed by atoms with Crippen molar-refractivity contribution in [3.63, 3.8) is 0 Å². The van der Waals surface area contributed by atoms with Crippen LogP contribution >= 0.6 is 22.9 Å². The quantitative estimate of drug-likeness (QED) is 0.512. The number of amides is 2. The summed E-state index contributed by atoms with van der Waals surface area (Å²) in [6.07, 6.45) is -2.16. The second-order valence-corrected chi connectivity index (χ2v) is 9.37. The predicted molar refractivity (Wildman–Crippen MR) is 128 cm³/mol. The van der Waals surface area contributed by atoms with Gasteiger partial charge < -0.3 is 20.1 Å². The third kappa shape index (κ3) is 5.45. The fraction of sp³-hybridized carbons (Fsp3) is 0.280. The number of thiophene rings is 1. The number of ether oxygens (including phenoxy) is 1. The van der Waals surface area contributed by atoms with Gasteiger partial charge in [0.2, 0.25) is 0 Å². The molecule has 172 valence electrons. The molecule has 2 heterocycles. The number of benzene rings is 2. The molecule has 0 spiro atoms. The molecule has 0 saturated heterocycles. The maximum atomic E-state index is 12.8. The number of carbonyl (C=O) groups excluding carboxylic acids is 2. The van der Waals surface area contributed by atoms with Crippen molar-refractivity contribution in [2.45, 2.75) is 38.3 Å². The maximum Gasteiger partial charge on any atom is 0.255 e. The van der Waals surface area contributed by atoms with Crippen molar-refractivity contribution in [1.82, 2.24) is 10.2 Å². The zero-order chi connectivity index (χ0) is 23.4. The first-order chi connectivity index (χ1) is 16.0. The minimum absolute atomic E-state index is 0.280. The molecule has 33 heavy (non-hydrogen) atoms. The van der Waals surface area contributed by atoms with Crippen molar-refractivity contribution in [1.29, 1.82) is 0 Å². The summed E-state index contributed by atoms with van der Waals surface area (Å²) in [6.45, 7) is 1.10. The minimum Gasteiger partial charge on any atom is -0.380 e.